The quantitative estimate of drug-likeness (QED) is 0.610. The Morgan fingerprint density at radius 1 is 0.880 bits per heavy atom. The van der Waals surface area contributed by atoms with E-state index in [9.17, 15) is 4.79 Å². The summed E-state index contributed by atoms with van der Waals surface area (Å²) in [6.07, 6.45) is 0. The molecule has 1 aromatic carbocycles. The highest BCUT2D eigenvalue weighted by molar-refractivity contribution is 6.00. The molecule has 0 radical (unpaired) electrons. The second kappa shape index (κ2) is 8.91. The summed E-state index contributed by atoms with van der Waals surface area (Å²) in [5, 5.41) is 0. The number of nitrogens with zero attached hydrogens (tertiary/aromatic N) is 2. The van der Waals surface area contributed by atoms with Crippen LogP contribution in [0.3, 0.4) is 0 Å². The van der Waals surface area contributed by atoms with Crippen molar-refractivity contribution < 1.29 is 17.2 Å². The smallest absolute Gasteiger partial charge is 0.178 e. The molecule has 0 aliphatic heterocycles. The van der Waals surface area contributed by atoms with Gasteiger partial charge in [-0.2, -0.15) is 0 Å². The monoisotopic (exact) mass is 357 g/mol. The SMILES string of the molecule is CC(=O)c1cccc(C(C)=Nc2c(C(C)C)cccc2C(C)C)n1.[Cl-]. The predicted octanol–water partition coefficient (Wildman–Crippen LogP) is 2.68. The summed E-state index contributed by atoms with van der Waals surface area (Å²) in [6, 6.07) is 11.9. The van der Waals surface area contributed by atoms with Gasteiger partial charge in [0.2, 0.25) is 0 Å². The first kappa shape index (κ1) is 21.0. The predicted molar refractivity (Wildman–Crippen MR) is 101 cm³/mol. The molecule has 0 saturated heterocycles. The second-order valence-electron chi connectivity index (χ2n) is 6.76. The lowest BCUT2D eigenvalue weighted by atomic mass is 9.93. The molecule has 2 rings (SSSR count). The number of hydrogen-bond acceptors (Lipinski definition) is 3. The van der Waals surface area contributed by atoms with E-state index in [4.69, 9.17) is 4.99 Å². The Morgan fingerprint density at radius 2 is 1.36 bits per heavy atom. The highest BCUT2D eigenvalue weighted by Crippen LogP contribution is 2.35. The molecular formula is C21H26ClN2O-. The number of para-hydroxylation sites is 1. The highest BCUT2D eigenvalue weighted by Gasteiger charge is 2.14. The number of pyridine rings is 1. The Kier molecular flexibility index (Phi) is 7.50. The van der Waals surface area contributed by atoms with Gasteiger partial charge in [-0.15, -0.1) is 0 Å². The van der Waals surface area contributed by atoms with Gasteiger partial charge >= 0.3 is 0 Å². The van der Waals surface area contributed by atoms with Crippen LogP contribution < -0.4 is 12.4 Å². The van der Waals surface area contributed by atoms with E-state index >= 15 is 0 Å². The highest BCUT2D eigenvalue weighted by atomic mass is 35.5. The molecule has 0 bridgehead atoms. The maximum atomic E-state index is 11.6. The summed E-state index contributed by atoms with van der Waals surface area (Å²) in [5.74, 6) is 0.758. The van der Waals surface area contributed by atoms with Crippen LogP contribution in [0.4, 0.5) is 5.69 Å². The van der Waals surface area contributed by atoms with Gasteiger partial charge < -0.3 is 12.4 Å². The van der Waals surface area contributed by atoms with Crippen molar-refractivity contribution in [2.75, 3.05) is 0 Å². The number of halogens is 1. The van der Waals surface area contributed by atoms with Gasteiger partial charge in [0.1, 0.15) is 5.69 Å². The van der Waals surface area contributed by atoms with Crippen LogP contribution in [0.1, 0.15) is 80.7 Å². The van der Waals surface area contributed by atoms with E-state index in [0.29, 0.717) is 17.5 Å². The number of aromatic nitrogens is 1. The molecule has 0 aliphatic rings. The Bertz CT molecular complexity index is 753. The Labute approximate surface area is 157 Å². The van der Waals surface area contributed by atoms with Crippen molar-refractivity contribution in [1.82, 2.24) is 4.98 Å². The average Bonchev–Trinajstić information content (AvgIpc) is 2.54. The van der Waals surface area contributed by atoms with Crippen molar-refractivity contribution in [3.05, 3.63) is 58.9 Å². The van der Waals surface area contributed by atoms with E-state index in [1.165, 1.54) is 18.1 Å². The number of Topliss-reactive ketones (excluding diaryl/α,β-unsaturated/α-hetero) is 1. The summed E-state index contributed by atoms with van der Waals surface area (Å²) in [4.78, 5) is 20.9. The van der Waals surface area contributed by atoms with Gasteiger partial charge in [-0.1, -0.05) is 52.0 Å². The number of hydrogen-bond donors (Lipinski definition) is 0. The van der Waals surface area contributed by atoms with Gasteiger partial charge in [-0.3, -0.25) is 9.79 Å². The van der Waals surface area contributed by atoms with Crippen molar-refractivity contribution in [3.8, 4) is 0 Å². The number of rotatable bonds is 5. The van der Waals surface area contributed by atoms with Gasteiger partial charge in [-0.05, 0) is 42.0 Å². The molecule has 0 aliphatic carbocycles. The van der Waals surface area contributed by atoms with E-state index in [-0.39, 0.29) is 18.2 Å². The summed E-state index contributed by atoms with van der Waals surface area (Å²) < 4.78 is 0. The third-order valence-corrected chi connectivity index (χ3v) is 4.10. The topological polar surface area (TPSA) is 42.3 Å². The standard InChI is InChI=1S/C21H26N2O.ClH/c1-13(2)17-9-7-10-18(14(3)4)21(17)22-15(5)19-11-8-12-20(23-19)16(6)24;/h7-14H,1-6H3;1H/p-1. The van der Waals surface area contributed by atoms with E-state index in [0.717, 1.165) is 17.1 Å². The summed E-state index contributed by atoms with van der Waals surface area (Å²) in [7, 11) is 0. The molecule has 0 N–H and O–H groups in total. The minimum Gasteiger partial charge on any atom is -1.00 e. The lowest BCUT2D eigenvalue weighted by Crippen LogP contribution is -3.00. The molecule has 2 aromatic rings. The number of carbonyl (C=O) groups excluding carboxylic acids is 1. The molecule has 3 nitrogen and oxygen atoms in total. The van der Waals surface area contributed by atoms with Gasteiger partial charge in [-0.25, -0.2) is 4.98 Å². The van der Waals surface area contributed by atoms with Crippen molar-refractivity contribution in [1.29, 1.82) is 0 Å². The molecule has 134 valence electrons. The summed E-state index contributed by atoms with van der Waals surface area (Å²) in [6.45, 7) is 12.2. The van der Waals surface area contributed by atoms with Gasteiger partial charge in [0.05, 0.1) is 17.1 Å². The largest absolute Gasteiger partial charge is 1.00 e. The van der Waals surface area contributed by atoms with Gasteiger partial charge in [0, 0.05) is 6.92 Å². The lowest BCUT2D eigenvalue weighted by Gasteiger charge is -2.17. The van der Waals surface area contributed by atoms with Crippen molar-refractivity contribution in [2.45, 2.75) is 53.4 Å². The van der Waals surface area contributed by atoms with Crippen LogP contribution in [0.15, 0.2) is 41.4 Å². The maximum absolute atomic E-state index is 11.6. The third-order valence-electron chi connectivity index (χ3n) is 4.10. The van der Waals surface area contributed by atoms with Crippen LogP contribution in [0.25, 0.3) is 0 Å². The van der Waals surface area contributed by atoms with E-state index in [1.807, 2.05) is 19.1 Å². The van der Waals surface area contributed by atoms with Gasteiger partial charge in [0.15, 0.2) is 5.78 Å². The Balaban J connectivity index is 0.00000312. The van der Waals surface area contributed by atoms with Crippen LogP contribution in [-0.4, -0.2) is 16.5 Å². The fourth-order valence-electron chi connectivity index (χ4n) is 2.70. The van der Waals surface area contributed by atoms with E-state index < -0.39 is 0 Å². The molecule has 0 amide bonds. The van der Waals surface area contributed by atoms with Crippen LogP contribution in [0.5, 0.6) is 0 Å². The maximum Gasteiger partial charge on any atom is 0.178 e. The number of ketones is 1. The fraction of sp³-hybridized carbons (Fsp3) is 0.381. The van der Waals surface area contributed by atoms with Gasteiger partial charge in [0.25, 0.3) is 0 Å². The molecule has 25 heavy (non-hydrogen) atoms. The Hall–Kier alpha value is -2.00. The van der Waals surface area contributed by atoms with Crippen LogP contribution in [0.2, 0.25) is 0 Å². The average molecular weight is 358 g/mol. The number of carbonyl (C=O) groups is 1. The van der Waals surface area contributed by atoms with Crippen molar-refractivity contribution in [3.63, 3.8) is 0 Å². The first-order valence-corrected chi connectivity index (χ1v) is 8.47. The minimum absolute atomic E-state index is 0. The molecule has 0 fully saturated rings. The van der Waals surface area contributed by atoms with Crippen LogP contribution >= 0.6 is 0 Å². The molecule has 0 atom stereocenters. The first-order valence-electron chi connectivity index (χ1n) is 8.47. The third kappa shape index (κ3) is 4.99. The molecule has 0 spiro atoms. The van der Waals surface area contributed by atoms with Crippen molar-refractivity contribution in [2.24, 2.45) is 4.99 Å². The Morgan fingerprint density at radius 3 is 1.84 bits per heavy atom. The lowest BCUT2D eigenvalue weighted by molar-refractivity contribution is -0.0000133. The first-order chi connectivity index (χ1) is 11.3. The van der Waals surface area contributed by atoms with Crippen LogP contribution in [-0.2, 0) is 0 Å². The zero-order valence-corrected chi connectivity index (χ0v) is 16.6. The summed E-state index contributed by atoms with van der Waals surface area (Å²) in [5.41, 5.74) is 5.56. The molecule has 0 saturated carbocycles. The molecule has 4 heteroatoms. The molecular weight excluding hydrogens is 332 g/mol. The van der Waals surface area contributed by atoms with Crippen LogP contribution in [0, 0.1) is 0 Å². The molecule has 0 unspecified atom stereocenters. The zero-order chi connectivity index (χ0) is 17.9. The molecule has 1 heterocycles. The van der Waals surface area contributed by atoms with Crippen molar-refractivity contribution >= 4 is 17.2 Å². The zero-order valence-electron chi connectivity index (χ0n) is 15.8. The summed E-state index contributed by atoms with van der Waals surface area (Å²) >= 11 is 0. The second-order valence-corrected chi connectivity index (χ2v) is 6.76. The van der Waals surface area contributed by atoms with E-state index in [2.05, 4.69) is 50.9 Å². The fourth-order valence-corrected chi connectivity index (χ4v) is 2.70. The molecule has 1 aromatic heterocycles. The number of benzene rings is 1. The van der Waals surface area contributed by atoms with E-state index in [1.54, 1.807) is 6.07 Å². The number of aliphatic imine (C=N–C) groups is 1. The minimum atomic E-state index is -0.0323. The normalized spacial score (nSPS) is 11.6.